The fourth-order valence-corrected chi connectivity index (χ4v) is 1.85. The van der Waals surface area contributed by atoms with Gasteiger partial charge in [-0.2, -0.15) is 0 Å². The van der Waals surface area contributed by atoms with Gasteiger partial charge in [-0.1, -0.05) is 32.3 Å². The largest absolute Gasteiger partial charge is 0.481 e. The third-order valence-corrected chi connectivity index (χ3v) is 2.78. The van der Waals surface area contributed by atoms with Crippen molar-refractivity contribution < 1.29 is 14.7 Å². The van der Waals surface area contributed by atoms with E-state index in [-0.39, 0.29) is 12.2 Å². The molecule has 0 heterocycles. The number of hydrogen-bond donors (Lipinski definition) is 1. The number of rotatable bonds is 6. The third-order valence-electron chi connectivity index (χ3n) is 2.78. The molecular weight excluding hydrogens is 192 g/mol. The van der Waals surface area contributed by atoms with Crippen molar-refractivity contribution in [1.29, 1.82) is 0 Å². The van der Waals surface area contributed by atoms with E-state index in [9.17, 15) is 9.59 Å². The highest BCUT2D eigenvalue weighted by atomic mass is 16.4. The fourth-order valence-electron chi connectivity index (χ4n) is 1.85. The van der Waals surface area contributed by atoms with Crippen molar-refractivity contribution in [3.8, 4) is 0 Å². The highest BCUT2D eigenvalue weighted by molar-refractivity contribution is 6.01. The summed E-state index contributed by atoms with van der Waals surface area (Å²) in [5.74, 6) is -1.43. The molecule has 0 radical (unpaired) electrons. The molecule has 84 valence electrons. The van der Waals surface area contributed by atoms with E-state index in [1.54, 1.807) is 6.08 Å². The van der Waals surface area contributed by atoms with Crippen molar-refractivity contribution >= 4 is 11.8 Å². The highest BCUT2D eigenvalue weighted by Crippen LogP contribution is 2.25. The summed E-state index contributed by atoms with van der Waals surface area (Å²) in [5.41, 5.74) is 0.735. The van der Waals surface area contributed by atoms with Crippen LogP contribution in [0, 0.1) is 5.92 Å². The summed E-state index contributed by atoms with van der Waals surface area (Å²) in [4.78, 5) is 22.1. The lowest BCUT2D eigenvalue weighted by molar-refractivity contribution is -0.141. The van der Waals surface area contributed by atoms with Gasteiger partial charge in [-0.05, 0) is 18.4 Å². The first kappa shape index (κ1) is 12.0. The van der Waals surface area contributed by atoms with Gasteiger partial charge in [0.05, 0.1) is 5.92 Å². The fraction of sp³-hybridized carbons (Fsp3) is 0.667. The first-order chi connectivity index (χ1) is 7.15. The van der Waals surface area contributed by atoms with Gasteiger partial charge in [0.15, 0.2) is 5.78 Å². The summed E-state index contributed by atoms with van der Waals surface area (Å²) in [6.07, 6.45) is 7.03. The number of allylic oxidation sites excluding steroid dienone is 1. The number of carboxylic acids is 1. The quantitative estimate of drug-likeness (QED) is 0.685. The Morgan fingerprint density at radius 1 is 1.47 bits per heavy atom. The molecule has 0 bridgehead atoms. The van der Waals surface area contributed by atoms with Gasteiger partial charge in [-0.25, -0.2) is 0 Å². The Hall–Kier alpha value is -1.12. The normalized spacial score (nSPS) is 20.5. The molecular formula is C12H18O3. The van der Waals surface area contributed by atoms with Crippen LogP contribution in [-0.4, -0.2) is 16.9 Å². The molecule has 1 aliphatic carbocycles. The second-order valence-electron chi connectivity index (χ2n) is 4.07. The molecule has 1 N–H and O–H groups in total. The smallest absolute Gasteiger partial charge is 0.310 e. The topological polar surface area (TPSA) is 54.4 Å². The minimum absolute atomic E-state index is 0.0268. The van der Waals surface area contributed by atoms with Crippen LogP contribution in [-0.2, 0) is 9.59 Å². The summed E-state index contributed by atoms with van der Waals surface area (Å²) >= 11 is 0. The summed E-state index contributed by atoms with van der Waals surface area (Å²) in [6.45, 7) is 2.14. The molecule has 1 atom stereocenters. The molecule has 3 nitrogen and oxygen atoms in total. The Bertz CT molecular complexity index is 279. The molecule has 0 fully saturated rings. The molecule has 1 rings (SSSR count). The van der Waals surface area contributed by atoms with E-state index in [2.05, 4.69) is 6.92 Å². The SMILES string of the molecule is CCCCCCC1=CC(C(=O)O)CC1=O. The Balaban J connectivity index is 2.37. The molecule has 3 heteroatoms. The van der Waals surface area contributed by atoms with Crippen molar-refractivity contribution in [2.45, 2.75) is 45.4 Å². The Morgan fingerprint density at radius 3 is 2.73 bits per heavy atom. The maximum atomic E-state index is 11.4. The molecule has 0 aromatic rings. The Kier molecular flexibility index (Phi) is 4.53. The third kappa shape index (κ3) is 3.50. The average Bonchev–Trinajstić information content (AvgIpc) is 2.55. The number of hydrogen-bond acceptors (Lipinski definition) is 2. The van der Waals surface area contributed by atoms with Crippen molar-refractivity contribution in [1.82, 2.24) is 0 Å². The van der Waals surface area contributed by atoms with Crippen LogP contribution >= 0.6 is 0 Å². The molecule has 15 heavy (non-hydrogen) atoms. The molecule has 0 amide bonds. The minimum atomic E-state index is -0.882. The first-order valence-corrected chi connectivity index (χ1v) is 5.62. The first-order valence-electron chi connectivity index (χ1n) is 5.62. The monoisotopic (exact) mass is 210 g/mol. The van der Waals surface area contributed by atoms with Gasteiger partial charge >= 0.3 is 5.97 Å². The van der Waals surface area contributed by atoms with Crippen LogP contribution in [0.3, 0.4) is 0 Å². The van der Waals surface area contributed by atoms with Crippen molar-refractivity contribution in [2.75, 3.05) is 0 Å². The second-order valence-corrected chi connectivity index (χ2v) is 4.07. The lowest BCUT2D eigenvalue weighted by atomic mass is 10.1. The van der Waals surface area contributed by atoms with Crippen LogP contribution in [0.4, 0.5) is 0 Å². The van der Waals surface area contributed by atoms with E-state index in [4.69, 9.17) is 5.11 Å². The summed E-state index contributed by atoms with van der Waals surface area (Å²) < 4.78 is 0. The maximum absolute atomic E-state index is 11.4. The molecule has 1 unspecified atom stereocenters. The van der Waals surface area contributed by atoms with Gasteiger partial charge in [0.2, 0.25) is 0 Å². The van der Waals surface area contributed by atoms with Crippen molar-refractivity contribution in [3.63, 3.8) is 0 Å². The summed E-state index contributed by atoms with van der Waals surface area (Å²) in [7, 11) is 0. The summed E-state index contributed by atoms with van der Waals surface area (Å²) in [5, 5.41) is 8.76. The van der Waals surface area contributed by atoms with Crippen LogP contribution in [0.1, 0.15) is 45.4 Å². The lowest BCUT2D eigenvalue weighted by Crippen LogP contribution is -2.09. The molecule has 0 aliphatic heterocycles. The Morgan fingerprint density at radius 2 is 2.20 bits per heavy atom. The zero-order valence-corrected chi connectivity index (χ0v) is 9.16. The second kappa shape index (κ2) is 5.69. The van der Waals surface area contributed by atoms with Gasteiger partial charge in [-0.3, -0.25) is 9.59 Å². The lowest BCUT2D eigenvalue weighted by Gasteiger charge is -1.99. The van der Waals surface area contributed by atoms with Gasteiger partial charge in [0, 0.05) is 6.42 Å². The van der Waals surface area contributed by atoms with Crippen LogP contribution in [0.25, 0.3) is 0 Å². The predicted molar refractivity (Wildman–Crippen MR) is 57.6 cm³/mol. The highest BCUT2D eigenvalue weighted by Gasteiger charge is 2.28. The number of carbonyl (C=O) groups is 2. The number of aliphatic carboxylic acids is 1. The van der Waals surface area contributed by atoms with Crippen LogP contribution < -0.4 is 0 Å². The minimum Gasteiger partial charge on any atom is -0.481 e. The van der Waals surface area contributed by atoms with E-state index >= 15 is 0 Å². The van der Waals surface area contributed by atoms with Crippen LogP contribution in [0.15, 0.2) is 11.6 Å². The van der Waals surface area contributed by atoms with E-state index < -0.39 is 11.9 Å². The molecule has 0 spiro atoms. The standard InChI is InChI=1S/C12H18O3/c1-2-3-4-5-6-9-7-10(12(14)15)8-11(9)13/h7,10H,2-6,8H2,1H3,(H,14,15). The predicted octanol–water partition coefficient (Wildman–Crippen LogP) is 2.56. The number of unbranched alkanes of at least 4 members (excludes halogenated alkanes) is 3. The number of carboxylic acid groups (broad SMARTS) is 1. The molecule has 0 saturated carbocycles. The van der Waals surface area contributed by atoms with Crippen LogP contribution in [0.2, 0.25) is 0 Å². The number of Topliss-reactive ketones (excluding diaryl/α,β-unsaturated/α-hetero) is 1. The van der Waals surface area contributed by atoms with E-state index in [1.807, 2.05) is 0 Å². The molecule has 0 aromatic carbocycles. The summed E-state index contributed by atoms with van der Waals surface area (Å²) in [6, 6.07) is 0. The van der Waals surface area contributed by atoms with Gasteiger partial charge in [-0.15, -0.1) is 0 Å². The molecule has 1 aliphatic rings. The number of carbonyl (C=O) groups excluding carboxylic acids is 1. The van der Waals surface area contributed by atoms with E-state index in [0.717, 1.165) is 24.8 Å². The van der Waals surface area contributed by atoms with Gasteiger partial charge in [0.1, 0.15) is 0 Å². The van der Waals surface area contributed by atoms with Crippen molar-refractivity contribution in [3.05, 3.63) is 11.6 Å². The zero-order valence-electron chi connectivity index (χ0n) is 9.16. The molecule has 0 aromatic heterocycles. The van der Waals surface area contributed by atoms with Gasteiger partial charge in [0.25, 0.3) is 0 Å². The van der Waals surface area contributed by atoms with Gasteiger partial charge < -0.3 is 5.11 Å². The van der Waals surface area contributed by atoms with Crippen molar-refractivity contribution in [2.24, 2.45) is 5.92 Å². The molecule has 0 saturated heterocycles. The van der Waals surface area contributed by atoms with Crippen LogP contribution in [0.5, 0.6) is 0 Å². The number of ketones is 1. The zero-order chi connectivity index (χ0) is 11.3. The average molecular weight is 210 g/mol. The Labute approximate surface area is 90.2 Å². The maximum Gasteiger partial charge on any atom is 0.310 e. The van der Waals surface area contributed by atoms with E-state index in [0.29, 0.717) is 0 Å². The van der Waals surface area contributed by atoms with E-state index in [1.165, 1.54) is 12.8 Å².